The van der Waals surface area contributed by atoms with Gasteiger partial charge in [-0.1, -0.05) is 12.1 Å². The summed E-state index contributed by atoms with van der Waals surface area (Å²) in [5.41, 5.74) is 1.43. The number of halogens is 2. The summed E-state index contributed by atoms with van der Waals surface area (Å²) < 4.78 is 27.2. The normalized spacial score (nSPS) is 10.4. The molecule has 142 valence electrons. The van der Waals surface area contributed by atoms with Gasteiger partial charge in [-0.2, -0.15) is 5.06 Å². The van der Waals surface area contributed by atoms with Gasteiger partial charge in [-0.05, 0) is 48.7 Å². The first-order valence-electron chi connectivity index (χ1n) is 8.27. The zero-order chi connectivity index (χ0) is 20.0. The Hall–Kier alpha value is -3.09. The van der Waals surface area contributed by atoms with E-state index < -0.39 is 23.5 Å². The second kappa shape index (κ2) is 9.02. The van der Waals surface area contributed by atoms with Crippen molar-refractivity contribution in [1.82, 2.24) is 5.06 Å². The van der Waals surface area contributed by atoms with Gasteiger partial charge in [0.05, 0.1) is 5.56 Å². The van der Waals surface area contributed by atoms with E-state index in [0.717, 1.165) is 10.6 Å². The predicted molar refractivity (Wildman–Crippen MR) is 93.8 cm³/mol. The zero-order valence-corrected chi connectivity index (χ0v) is 15.0. The van der Waals surface area contributed by atoms with Gasteiger partial charge in [0.15, 0.2) is 0 Å². The fraction of sp³-hybridized carbons (Fsp3) is 0.250. The van der Waals surface area contributed by atoms with E-state index in [1.165, 1.54) is 38.2 Å². The molecule has 5 nitrogen and oxygen atoms in total. The first-order chi connectivity index (χ1) is 12.8. The van der Waals surface area contributed by atoms with Crippen molar-refractivity contribution in [2.45, 2.75) is 26.2 Å². The van der Waals surface area contributed by atoms with E-state index in [-0.39, 0.29) is 24.0 Å². The van der Waals surface area contributed by atoms with E-state index in [1.807, 2.05) is 0 Å². The van der Waals surface area contributed by atoms with Crippen LogP contribution >= 0.6 is 0 Å². The lowest BCUT2D eigenvalue weighted by Gasteiger charge is -2.15. The number of carbonyl (C=O) groups is 3. The molecule has 0 aliphatic heterocycles. The van der Waals surface area contributed by atoms with E-state index >= 15 is 0 Å². The van der Waals surface area contributed by atoms with Gasteiger partial charge >= 0.3 is 5.97 Å². The highest BCUT2D eigenvalue weighted by Crippen LogP contribution is 2.18. The molecule has 2 aromatic rings. The molecule has 0 unspecified atom stereocenters. The molecule has 0 saturated heterocycles. The highest BCUT2D eigenvalue weighted by atomic mass is 19.1. The van der Waals surface area contributed by atoms with Crippen LogP contribution in [0.2, 0.25) is 0 Å². The Morgan fingerprint density at radius 2 is 1.67 bits per heavy atom. The van der Waals surface area contributed by atoms with Crippen molar-refractivity contribution in [2.24, 2.45) is 0 Å². The minimum Gasteiger partial charge on any atom is -0.333 e. The summed E-state index contributed by atoms with van der Waals surface area (Å²) in [5, 5.41) is 0.789. The molecule has 7 heteroatoms. The molecule has 1 amide bonds. The van der Waals surface area contributed by atoms with Gasteiger partial charge in [0, 0.05) is 25.5 Å². The molecule has 2 aromatic carbocycles. The van der Waals surface area contributed by atoms with Crippen LogP contribution in [0, 0.1) is 18.6 Å². The summed E-state index contributed by atoms with van der Waals surface area (Å²) in [5.74, 6) is -2.42. The molecule has 0 spiro atoms. The van der Waals surface area contributed by atoms with Crippen LogP contribution in [0.3, 0.4) is 0 Å². The highest BCUT2D eigenvalue weighted by molar-refractivity contribution is 5.90. The van der Waals surface area contributed by atoms with E-state index in [1.54, 1.807) is 12.1 Å². The molecule has 0 fully saturated rings. The van der Waals surface area contributed by atoms with Crippen molar-refractivity contribution in [2.75, 3.05) is 7.05 Å². The SMILES string of the molecule is Cc1c(F)cc(Cc2ccc(C(=O)ON(C)C(=O)CCC=O)cc2)cc1F. The van der Waals surface area contributed by atoms with Crippen LogP contribution in [0.5, 0.6) is 0 Å². The summed E-state index contributed by atoms with van der Waals surface area (Å²) in [6.45, 7) is 1.37. The Bertz CT molecular complexity index is 827. The van der Waals surface area contributed by atoms with Gasteiger partial charge in [0.25, 0.3) is 5.91 Å². The quantitative estimate of drug-likeness (QED) is 0.574. The first kappa shape index (κ1) is 20.2. The van der Waals surface area contributed by atoms with Crippen molar-refractivity contribution in [3.05, 3.63) is 70.3 Å². The van der Waals surface area contributed by atoms with Crippen molar-refractivity contribution in [1.29, 1.82) is 0 Å². The topological polar surface area (TPSA) is 63.7 Å². The maximum atomic E-state index is 13.6. The van der Waals surface area contributed by atoms with E-state index in [2.05, 4.69) is 0 Å². The summed E-state index contributed by atoms with van der Waals surface area (Å²) >= 11 is 0. The number of hydrogen-bond donors (Lipinski definition) is 0. The number of nitrogens with zero attached hydrogens (tertiary/aromatic N) is 1. The molecule has 2 rings (SSSR count). The van der Waals surface area contributed by atoms with Crippen LogP contribution in [0.1, 0.15) is 39.9 Å². The first-order valence-corrected chi connectivity index (χ1v) is 8.27. The Balaban J connectivity index is 2.01. The fourth-order valence-corrected chi connectivity index (χ4v) is 2.36. The maximum Gasteiger partial charge on any atom is 0.363 e. The number of carbonyl (C=O) groups excluding carboxylic acids is 3. The molecular formula is C20H19F2NO4. The van der Waals surface area contributed by atoms with Gasteiger partial charge in [-0.15, -0.1) is 0 Å². The average molecular weight is 375 g/mol. The van der Waals surface area contributed by atoms with Crippen molar-refractivity contribution >= 4 is 18.2 Å². The van der Waals surface area contributed by atoms with Crippen molar-refractivity contribution < 1.29 is 28.0 Å². The molecular weight excluding hydrogens is 356 g/mol. The largest absolute Gasteiger partial charge is 0.363 e. The summed E-state index contributed by atoms with van der Waals surface area (Å²) in [6.07, 6.45) is 0.914. The Morgan fingerprint density at radius 3 is 2.22 bits per heavy atom. The second-order valence-corrected chi connectivity index (χ2v) is 6.03. The van der Waals surface area contributed by atoms with Gasteiger partial charge in [-0.3, -0.25) is 4.79 Å². The summed E-state index contributed by atoms with van der Waals surface area (Å²) in [7, 11) is 1.29. The third kappa shape index (κ3) is 5.44. The predicted octanol–water partition coefficient (Wildman–Crippen LogP) is 3.37. The third-order valence-electron chi connectivity index (χ3n) is 3.99. The van der Waals surface area contributed by atoms with Crippen LogP contribution < -0.4 is 0 Å². The molecule has 0 N–H and O–H groups in total. The third-order valence-corrected chi connectivity index (χ3v) is 3.99. The molecule has 27 heavy (non-hydrogen) atoms. The highest BCUT2D eigenvalue weighted by Gasteiger charge is 2.15. The second-order valence-electron chi connectivity index (χ2n) is 6.03. The van der Waals surface area contributed by atoms with Crippen molar-refractivity contribution in [3.63, 3.8) is 0 Å². The van der Waals surface area contributed by atoms with Crippen LogP contribution in [0.4, 0.5) is 8.78 Å². The summed E-state index contributed by atoms with van der Waals surface area (Å²) in [4.78, 5) is 38.9. The van der Waals surface area contributed by atoms with E-state index in [0.29, 0.717) is 18.3 Å². The van der Waals surface area contributed by atoms with Gasteiger partial charge in [-0.25, -0.2) is 13.6 Å². The van der Waals surface area contributed by atoms with Crippen LogP contribution in [0.25, 0.3) is 0 Å². The molecule has 0 radical (unpaired) electrons. The van der Waals surface area contributed by atoms with Gasteiger partial charge in [0.2, 0.25) is 0 Å². The van der Waals surface area contributed by atoms with Gasteiger partial charge in [0.1, 0.15) is 17.9 Å². The van der Waals surface area contributed by atoms with Crippen LogP contribution in [-0.2, 0) is 20.8 Å². The Labute approximate surface area is 155 Å². The molecule has 0 aliphatic carbocycles. The fourth-order valence-electron chi connectivity index (χ4n) is 2.36. The van der Waals surface area contributed by atoms with Crippen molar-refractivity contribution in [3.8, 4) is 0 Å². The number of hydrogen-bond acceptors (Lipinski definition) is 4. The minimum absolute atomic E-state index is 0.0244. The lowest BCUT2D eigenvalue weighted by Crippen LogP contribution is -2.29. The number of hydroxylamine groups is 2. The van der Waals surface area contributed by atoms with Crippen LogP contribution in [-0.4, -0.2) is 30.3 Å². The molecule has 0 heterocycles. The lowest BCUT2D eigenvalue weighted by molar-refractivity contribution is -0.161. The number of rotatable bonds is 6. The molecule has 0 aliphatic rings. The lowest BCUT2D eigenvalue weighted by atomic mass is 10.0. The number of benzene rings is 2. The standard InChI is InChI=1S/C20H19F2NO4/c1-13-17(21)11-15(12-18(13)22)10-14-5-7-16(8-6-14)20(26)27-23(2)19(25)4-3-9-24/h5-9,11-12H,3-4,10H2,1-2H3. The smallest absolute Gasteiger partial charge is 0.333 e. The Morgan fingerprint density at radius 1 is 1.07 bits per heavy atom. The van der Waals surface area contributed by atoms with Crippen LogP contribution in [0.15, 0.2) is 36.4 Å². The molecule has 0 atom stereocenters. The summed E-state index contributed by atoms with van der Waals surface area (Å²) in [6, 6.07) is 8.84. The van der Waals surface area contributed by atoms with E-state index in [4.69, 9.17) is 4.84 Å². The van der Waals surface area contributed by atoms with E-state index in [9.17, 15) is 23.2 Å². The number of aldehydes is 1. The Kier molecular flexibility index (Phi) is 6.76. The zero-order valence-electron chi connectivity index (χ0n) is 15.0. The average Bonchev–Trinajstić information content (AvgIpc) is 2.64. The maximum absolute atomic E-state index is 13.6. The molecule has 0 saturated carbocycles. The molecule has 0 bridgehead atoms. The minimum atomic E-state index is -0.726. The molecule has 0 aromatic heterocycles. The van der Waals surface area contributed by atoms with Gasteiger partial charge < -0.3 is 9.63 Å². The number of amides is 1. The monoisotopic (exact) mass is 375 g/mol.